The Bertz CT molecular complexity index is 693. The molecular weight excluding hydrogens is 290 g/mol. The van der Waals surface area contributed by atoms with Gasteiger partial charge in [0, 0.05) is 39.7 Å². The van der Waals surface area contributed by atoms with E-state index >= 15 is 0 Å². The van der Waals surface area contributed by atoms with Gasteiger partial charge in [-0.2, -0.15) is 0 Å². The number of hydrogen-bond acceptors (Lipinski definition) is 4. The van der Waals surface area contributed by atoms with Gasteiger partial charge in [-0.05, 0) is 31.8 Å². The van der Waals surface area contributed by atoms with Crippen LogP contribution in [0.1, 0.15) is 26.7 Å². The van der Waals surface area contributed by atoms with Gasteiger partial charge in [-0.25, -0.2) is 0 Å². The fraction of sp³-hybridized carbons (Fsp3) is 0.500. The van der Waals surface area contributed by atoms with Crippen molar-refractivity contribution in [2.45, 2.75) is 26.7 Å². The van der Waals surface area contributed by atoms with Crippen LogP contribution in [0, 0.1) is 5.92 Å². The zero-order chi connectivity index (χ0) is 16.8. The highest BCUT2D eigenvalue weighted by Gasteiger charge is 2.08. The number of azo groups is 1. The van der Waals surface area contributed by atoms with Crippen LogP contribution in [0.15, 0.2) is 57.0 Å². The van der Waals surface area contributed by atoms with E-state index in [1.54, 1.807) is 6.92 Å². The minimum Gasteiger partial charge on any atom is -0.335 e. The van der Waals surface area contributed by atoms with Crippen LogP contribution in [0.2, 0.25) is 0 Å². The molecule has 0 spiro atoms. The van der Waals surface area contributed by atoms with Crippen LogP contribution in [-0.4, -0.2) is 26.9 Å². The number of nitrogens with zero attached hydrogens (tertiary/aromatic N) is 7. The Morgan fingerprint density at radius 2 is 1.91 bits per heavy atom. The van der Waals surface area contributed by atoms with E-state index in [2.05, 4.69) is 39.5 Å². The van der Waals surface area contributed by atoms with Crippen molar-refractivity contribution in [1.29, 1.82) is 0 Å². The molecule has 0 N–H and O–H groups in total. The van der Waals surface area contributed by atoms with Crippen LogP contribution in [0.25, 0.3) is 0 Å². The van der Waals surface area contributed by atoms with Crippen molar-refractivity contribution in [1.82, 2.24) is 14.0 Å². The average molecular weight is 315 g/mol. The molecule has 1 aromatic rings. The Balaban J connectivity index is 2.13. The Hall–Kier alpha value is -2.44. The van der Waals surface area contributed by atoms with Gasteiger partial charge in [0.05, 0.1) is 0 Å². The first-order chi connectivity index (χ1) is 11.0. The molecule has 23 heavy (non-hydrogen) atoms. The number of rotatable bonds is 3. The maximum Gasteiger partial charge on any atom is 0.229 e. The van der Waals surface area contributed by atoms with Gasteiger partial charge in [0.25, 0.3) is 0 Å². The second-order valence-electron chi connectivity index (χ2n) is 5.69. The molecule has 1 aliphatic heterocycles. The molecular formula is C16H25N7. The summed E-state index contributed by atoms with van der Waals surface area (Å²) in [6.07, 6.45) is 12.3. The monoisotopic (exact) mass is 315 g/mol. The van der Waals surface area contributed by atoms with Crippen LogP contribution in [-0.2, 0) is 14.1 Å². The zero-order valence-corrected chi connectivity index (χ0v) is 14.5. The smallest absolute Gasteiger partial charge is 0.229 e. The maximum atomic E-state index is 4.29. The van der Waals surface area contributed by atoms with E-state index in [-0.39, 0.29) is 0 Å². The van der Waals surface area contributed by atoms with E-state index in [9.17, 15) is 0 Å². The molecule has 0 aliphatic carbocycles. The van der Waals surface area contributed by atoms with Crippen LogP contribution in [0.4, 0.5) is 0 Å². The van der Waals surface area contributed by atoms with Crippen LogP contribution in [0.5, 0.6) is 0 Å². The lowest BCUT2D eigenvalue weighted by Crippen LogP contribution is -2.21. The molecule has 2 heterocycles. The summed E-state index contributed by atoms with van der Waals surface area (Å²) >= 11 is 0. The summed E-state index contributed by atoms with van der Waals surface area (Å²) < 4.78 is 3.79. The van der Waals surface area contributed by atoms with Gasteiger partial charge in [0.1, 0.15) is 0 Å². The molecule has 7 nitrogen and oxygen atoms in total. The molecule has 1 unspecified atom stereocenters. The second-order valence-corrected chi connectivity index (χ2v) is 5.69. The molecule has 0 radical (unpaired) electrons. The number of aryl methyl sites for hydroxylation is 2. The quantitative estimate of drug-likeness (QED) is 0.366. The van der Waals surface area contributed by atoms with Crippen molar-refractivity contribution < 1.29 is 0 Å². The molecule has 0 saturated carbocycles. The van der Waals surface area contributed by atoms with Gasteiger partial charge in [0.2, 0.25) is 5.62 Å². The second kappa shape index (κ2) is 7.71. The van der Waals surface area contributed by atoms with E-state index in [1.165, 1.54) is 0 Å². The molecule has 124 valence electrons. The summed E-state index contributed by atoms with van der Waals surface area (Å²) in [6, 6.07) is 0. The summed E-state index contributed by atoms with van der Waals surface area (Å²) in [7, 11) is 5.82. The molecule has 0 amide bonds. The topological polar surface area (TPSA) is 62.5 Å². The number of imidazole rings is 1. The molecule has 1 aliphatic rings. The summed E-state index contributed by atoms with van der Waals surface area (Å²) in [5, 5.41) is 16.8. The normalized spacial score (nSPS) is 19.2. The summed E-state index contributed by atoms with van der Waals surface area (Å²) in [6.45, 7) is 3.98. The van der Waals surface area contributed by atoms with Gasteiger partial charge in [0.15, 0.2) is 11.7 Å². The third kappa shape index (κ3) is 4.51. The highest BCUT2D eigenvalue weighted by atomic mass is 15.3. The highest BCUT2D eigenvalue weighted by Crippen LogP contribution is 2.19. The predicted molar refractivity (Wildman–Crippen MR) is 91.3 cm³/mol. The van der Waals surface area contributed by atoms with Gasteiger partial charge >= 0.3 is 0 Å². The van der Waals surface area contributed by atoms with Crippen LogP contribution >= 0.6 is 0 Å². The first kappa shape index (κ1) is 16.9. The van der Waals surface area contributed by atoms with Gasteiger partial charge < -0.3 is 14.0 Å². The molecule has 0 aromatic carbocycles. The van der Waals surface area contributed by atoms with E-state index in [4.69, 9.17) is 0 Å². The Morgan fingerprint density at radius 3 is 2.57 bits per heavy atom. The van der Waals surface area contributed by atoms with Gasteiger partial charge in [-0.1, -0.05) is 13.0 Å². The molecule has 0 fully saturated rings. The van der Waals surface area contributed by atoms with E-state index in [0.29, 0.717) is 11.8 Å². The number of allylic oxidation sites excluding steroid dienone is 2. The van der Waals surface area contributed by atoms with Crippen molar-refractivity contribution >= 4 is 5.84 Å². The maximum absolute atomic E-state index is 4.29. The lowest BCUT2D eigenvalue weighted by molar-refractivity contribution is 0.553. The van der Waals surface area contributed by atoms with Crippen LogP contribution in [0.3, 0.4) is 0 Å². The first-order valence-electron chi connectivity index (χ1n) is 7.80. The molecule has 0 bridgehead atoms. The predicted octanol–water partition coefficient (Wildman–Crippen LogP) is 2.77. The molecule has 2 rings (SSSR count). The van der Waals surface area contributed by atoms with E-state index in [1.807, 2.05) is 53.8 Å². The average Bonchev–Trinajstić information content (AvgIpc) is 2.74. The minimum absolute atomic E-state index is 0.515. The first-order valence-corrected chi connectivity index (χ1v) is 7.80. The summed E-state index contributed by atoms with van der Waals surface area (Å²) in [4.78, 5) is 1.97. The van der Waals surface area contributed by atoms with Gasteiger partial charge in [-0.15, -0.1) is 20.4 Å². The fourth-order valence-corrected chi connectivity index (χ4v) is 2.20. The summed E-state index contributed by atoms with van der Waals surface area (Å²) in [5.41, 5.74) is 0.749. The Kier molecular flexibility index (Phi) is 5.67. The lowest BCUT2D eigenvalue weighted by atomic mass is 10.0. The standard InChI is InChI=1S/C16H25N7/c1-6-14-7-8-15(21(3)10-9-14)19-17-13(2)18-20-16-22(4)11-12-23(16)5/h8-12,14H,6-7H2,1-5H3/b18-13+,19-17?. The third-order valence-corrected chi connectivity index (χ3v) is 3.80. The number of aromatic nitrogens is 2. The third-order valence-electron chi connectivity index (χ3n) is 3.80. The minimum atomic E-state index is 0.515. The van der Waals surface area contributed by atoms with Crippen LogP contribution < -0.4 is 5.62 Å². The number of amidine groups is 1. The molecule has 0 saturated heterocycles. The van der Waals surface area contributed by atoms with Crippen molar-refractivity contribution in [3.05, 3.63) is 42.2 Å². The Labute approximate surface area is 137 Å². The largest absolute Gasteiger partial charge is 0.335 e. The van der Waals surface area contributed by atoms with Crippen molar-refractivity contribution in [2.75, 3.05) is 7.05 Å². The van der Waals surface area contributed by atoms with Crippen molar-refractivity contribution in [3.63, 3.8) is 0 Å². The molecule has 1 aromatic heterocycles. The number of hydrogen-bond donors (Lipinski definition) is 0. The SMILES string of the molecule is CCC1C=CN(C)C(N=N/C(C)=N/N=c2n(C)ccn2C)=CC1. The van der Waals surface area contributed by atoms with Crippen molar-refractivity contribution in [2.24, 2.45) is 40.4 Å². The van der Waals surface area contributed by atoms with E-state index in [0.717, 1.165) is 24.3 Å². The zero-order valence-electron chi connectivity index (χ0n) is 14.5. The molecule has 7 heteroatoms. The summed E-state index contributed by atoms with van der Waals surface area (Å²) in [5.74, 6) is 1.91. The molecule has 1 atom stereocenters. The lowest BCUT2D eigenvalue weighted by Gasteiger charge is -2.11. The highest BCUT2D eigenvalue weighted by molar-refractivity contribution is 5.79. The van der Waals surface area contributed by atoms with Gasteiger partial charge in [-0.3, -0.25) is 0 Å². The Morgan fingerprint density at radius 1 is 1.22 bits per heavy atom. The van der Waals surface area contributed by atoms with E-state index < -0.39 is 0 Å². The fourth-order valence-electron chi connectivity index (χ4n) is 2.20. The van der Waals surface area contributed by atoms with Crippen molar-refractivity contribution in [3.8, 4) is 0 Å².